The molecular formula is C22H24N2O3. The van der Waals surface area contributed by atoms with E-state index in [9.17, 15) is 4.79 Å². The van der Waals surface area contributed by atoms with E-state index in [1.165, 1.54) is 0 Å². The van der Waals surface area contributed by atoms with Crippen molar-refractivity contribution in [3.63, 3.8) is 0 Å². The number of benzene rings is 2. The minimum Gasteiger partial charge on any atom is -0.491 e. The molecule has 0 spiro atoms. The van der Waals surface area contributed by atoms with Gasteiger partial charge in [-0.2, -0.15) is 0 Å². The van der Waals surface area contributed by atoms with Gasteiger partial charge in [0.05, 0.1) is 12.3 Å². The third-order valence-corrected chi connectivity index (χ3v) is 4.12. The van der Waals surface area contributed by atoms with E-state index in [4.69, 9.17) is 9.47 Å². The number of aryl methyl sites for hydroxylation is 1. The number of anilines is 1. The lowest BCUT2D eigenvalue weighted by Gasteiger charge is -2.13. The second kappa shape index (κ2) is 9.03. The fraction of sp³-hybridized carbons (Fsp3) is 0.273. The summed E-state index contributed by atoms with van der Waals surface area (Å²) in [5.41, 5.74) is 2.52. The number of hydrogen-bond donors (Lipinski definition) is 1. The molecule has 1 amide bonds. The van der Waals surface area contributed by atoms with Crippen molar-refractivity contribution < 1.29 is 14.3 Å². The largest absolute Gasteiger partial charge is 0.491 e. The maximum absolute atomic E-state index is 12.3. The topological polar surface area (TPSA) is 60.5 Å². The molecule has 0 atom stereocenters. The summed E-state index contributed by atoms with van der Waals surface area (Å²) in [5.74, 6) is 1.19. The van der Waals surface area contributed by atoms with Crippen LogP contribution in [0.1, 0.15) is 25.3 Å². The van der Waals surface area contributed by atoms with E-state index >= 15 is 0 Å². The maximum atomic E-state index is 12.3. The van der Waals surface area contributed by atoms with Crippen LogP contribution in [-0.2, 0) is 4.79 Å². The molecule has 0 saturated carbocycles. The Hall–Kier alpha value is -3.08. The molecule has 0 bridgehead atoms. The number of carbonyl (C=O) groups is 1. The van der Waals surface area contributed by atoms with Crippen LogP contribution in [0.5, 0.6) is 11.5 Å². The zero-order valence-corrected chi connectivity index (χ0v) is 15.7. The van der Waals surface area contributed by atoms with Crippen LogP contribution in [0.2, 0.25) is 0 Å². The maximum Gasteiger partial charge on any atom is 0.262 e. The number of amides is 1. The van der Waals surface area contributed by atoms with Gasteiger partial charge in [-0.3, -0.25) is 9.78 Å². The second-order valence-corrected chi connectivity index (χ2v) is 6.37. The molecule has 0 unspecified atom stereocenters. The van der Waals surface area contributed by atoms with E-state index in [1.54, 1.807) is 6.20 Å². The summed E-state index contributed by atoms with van der Waals surface area (Å²) in [4.78, 5) is 16.7. The van der Waals surface area contributed by atoms with Gasteiger partial charge in [0, 0.05) is 11.6 Å². The Morgan fingerprint density at radius 2 is 2.00 bits per heavy atom. The normalized spacial score (nSPS) is 10.6. The van der Waals surface area contributed by atoms with Gasteiger partial charge in [-0.15, -0.1) is 0 Å². The molecule has 1 aromatic heterocycles. The Morgan fingerprint density at radius 3 is 2.81 bits per heavy atom. The first-order valence-electron chi connectivity index (χ1n) is 9.17. The Kier molecular flexibility index (Phi) is 6.26. The molecule has 3 aromatic rings. The van der Waals surface area contributed by atoms with E-state index in [2.05, 4.69) is 17.2 Å². The van der Waals surface area contributed by atoms with E-state index in [-0.39, 0.29) is 12.5 Å². The smallest absolute Gasteiger partial charge is 0.262 e. The number of pyridine rings is 1. The van der Waals surface area contributed by atoms with Gasteiger partial charge in [0.25, 0.3) is 5.91 Å². The zero-order chi connectivity index (χ0) is 19.1. The van der Waals surface area contributed by atoms with Gasteiger partial charge in [-0.25, -0.2) is 0 Å². The molecule has 3 rings (SSSR count). The summed E-state index contributed by atoms with van der Waals surface area (Å²) >= 11 is 0. The minimum atomic E-state index is -0.221. The quantitative estimate of drug-likeness (QED) is 0.587. The van der Waals surface area contributed by atoms with Gasteiger partial charge in [0.2, 0.25) is 0 Å². The summed E-state index contributed by atoms with van der Waals surface area (Å²) in [7, 11) is 0. The molecule has 5 nitrogen and oxygen atoms in total. The predicted molar refractivity (Wildman–Crippen MR) is 107 cm³/mol. The third-order valence-electron chi connectivity index (χ3n) is 4.12. The van der Waals surface area contributed by atoms with Crippen LogP contribution in [0.3, 0.4) is 0 Å². The van der Waals surface area contributed by atoms with Crippen molar-refractivity contribution in [3.05, 3.63) is 60.3 Å². The number of carbonyl (C=O) groups excluding carboxylic acids is 1. The first-order chi connectivity index (χ1) is 13.2. The third kappa shape index (κ3) is 4.97. The SMILES string of the molecule is CCCCOc1ccc(NC(=O)COc2cccc(C)c2)c2cccnc12. The Bertz CT molecular complexity index is 924. The van der Waals surface area contributed by atoms with Crippen LogP contribution in [0, 0.1) is 6.92 Å². The molecule has 0 aliphatic heterocycles. The number of nitrogens with zero attached hydrogens (tertiary/aromatic N) is 1. The summed E-state index contributed by atoms with van der Waals surface area (Å²) < 4.78 is 11.4. The van der Waals surface area contributed by atoms with Crippen molar-refractivity contribution in [2.45, 2.75) is 26.7 Å². The van der Waals surface area contributed by atoms with Crippen molar-refractivity contribution in [2.75, 3.05) is 18.5 Å². The molecule has 0 saturated heterocycles. The number of unbranched alkanes of at least 4 members (excludes halogenated alkanes) is 1. The Balaban J connectivity index is 1.71. The van der Waals surface area contributed by atoms with Gasteiger partial charge in [0.1, 0.15) is 17.0 Å². The number of rotatable bonds is 8. The molecule has 1 N–H and O–H groups in total. The van der Waals surface area contributed by atoms with Gasteiger partial charge in [0.15, 0.2) is 6.61 Å². The number of nitrogens with one attached hydrogen (secondary N) is 1. The molecule has 2 aromatic carbocycles. The summed E-state index contributed by atoms with van der Waals surface area (Å²) in [6.07, 6.45) is 3.78. The summed E-state index contributed by atoms with van der Waals surface area (Å²) in [5, 5.41) is 3.75. The Morgan fingerprint density at radius 1 is 1.11 bits per heavy atom. The molecule has 0 radical (unpaired) electrons. The molecule has 27 heavy (non-hydrogen) atoms. The van der Waals surface area contributed by atoms with Crippen molar-refractivity contribution in [1.29, 1.82) is 0 Å². The highest BCUT2D eigenvalue weighted by atomic mass is 16.5. The average molecular weight is 364 g/mol. The molecule has 0 aliphatic rings. The summed E-state index contributed by atoms with van der Waals surface area (Å²) in [6.45, 7) is 4.70. The monoisotopic (exact) mass is 364 g/mol. The molecule has 5 heteroatoms. The highest BCUT2D eigenvalue weighted by Gasteiger charge is 2.11. The molecule has 0 aliphatic carbocycles. The molecule has 1 heterocycles. The fourth-order valence-corrected chi connectivity index (χ4v) is 2.74. The van der Waals surface area contributed by atoms with Crippen molar-refractivity contribution >= 4 is 22.5 Å². The average Bonchev–Trinajstić information content (AvgIpc) is 2.68. The second-order valence-electron chi connectivity index (χ2n) is 6.37. The summed E-state index contributed by atoms with van der Waals surface area (Å²) in [6, 6.07) is 15.1. The van der Waals surface area contributed by atoms with Crippen molar-refractivity contribution in [1.82, 2.24) is 4.98 Å². The van der Waals surface area contributed by atoms with Crippen LogP contribution in [0.15, 0.2) is 54.7 Å². The molecule has 0 fully saturated rings. The lowest BCUT2D eigenvalue weighted by atomic mass is 10.1. The highest BCUT2D eigenvalue weighted by molar-refractivity contribution is 6.03. The van der Waals surface area contributed by atoms with Crippen molar-refractivity contribution in [2.24, 2.45) is 0 Å². The van der Waals surface area contributed by atoms with Crippen LogP contribution < -0.4 is 14.8 Å². The van der Waals surface area contributed by atoms with Gasteiger partial charge >= 0.3 is 0 Å². The fourth-order valence-electron chi connectivity index (χ4n) is 2.74. The molecular weight excluding hydrogens is 340 g/mol. The number of hydrogen-bond acceptors (Lipinski definition) is 4. The van der Waals surface area contributed by atoms with Crippen molar-refractivity contribution in [3.8, 4) is 11.5 Å². The number of fused-ring (bicyclic) bond motifs is 1. The predicted octanol–water partition coefficient (Wildman–Crippen LogP) is 4.74. The lowest BCUT2D eigenvalue weighted by molar-refractivity contribution is -0.118. The zero-order valence-electron chi connectivity index (χ0n) is 15.7. The van der Waals surface area contributed by atoms with E-state index in [0.717, 1.165) is 35.1 Å². The van der Waals surface area contributed by atoms with Gasteiger partial charge in [-0.1, -0.05) is 25.5 Å². The van der Waals surface area contributed by atoms with Gasteiger partial charge in [-0.05, 0) is 55.3 Å². The van der Waals surface area contributed by atoms with Crippen LogP contribution in [-0.4, -0.2) is 24.1 Å². The van der Waals surface area contributed by atoms with Gasteiger partial charge < -0.3 is 14.8 Å². The minimum absolute atomic E-state index is 0.0556. The molecule has 140 valence electrons. The van der Waals surface area contributed by atoms with Crippen LogP contribution in [0.4, 0.5) is 5.69 Å². The van der Waals surface area contributed by atoms with E-state index in [0.29, 0.717) is 18.0 Å². The van der Waals surface area contributed by atoms with E-state index < -0.39 is 0 Å². The highest BCUT2D eigenvalue weighted by Crippen LogP contribution is 2.30. The van der Waals surface area contributed by atoms with Crippen LogP contribution >= 0.6 is 0 Å². The standard InChI is InChI=1S/C22H24N2O3/c1-3-4-13-26-20-11-10-19(18-9-6-12-23-22(18)20)24-21(25)15-27-17-8-5-7-16(2)14-17/h5-12,14H,3-4,13,15H2,1-2H3,(H,24,25). The first kappa shape index (κ1) is 18.7. The lowest BCUT2D eigenvalue weighted by Crippen LogP contribution is -2.20. The van der Waals surface area contributed by atoms with E-state index in [1.807, 2.05) is 55.5 Å². The van der Waals surface area contributed by atoms with Crippen LogP contribution in [0.25, 0.3) is 10.9 Å². The Labute approximate surface area is 159 Å². The number of ether oxygens (including phenoxy) is 2. The number of aromatic nitrogens is 1. The first-order valence-corrected chi connectivity index (χ1v) is 9.17.